The highest BCUT2D eigenvalue weighted by molar-refractivity contribution is 5.95. The monoisotopic (exact) mass is 186 g/mol. The van der Waals surface area contributed by atoms with E-state index < -0.39 is 0 Å². The summed E-state index contributed by atoms with van der Waals surface area (Å²) in [4.78, 5) is 0. The average Bonchev–Trinajstić information content (AvgIpc) is 2.27. The Morgan fingerprint density at radius 1 is 0.929 bits per heavy atom. The molecule has 2 rings (SSSR count). The third kappa shape index (κ3) is 1.39. The molecular weight excluding hydrogens is 172 g/mol. The van der Waals surface area contributed by atoms with E-state index in [-0.39, 0.29) is 0 Å². The molecule has 0 heterocycles. The van der Waals surface area contributed by atoms with Gasteiger partial charge < -0.3 is 10.6 Å². The fourth-order valence-electron chi connectivity index (χ4n) is 1.66. The Balaban J connectivity index is 2.67. The summed E-state index contributed by atoms with van der Waals surface area (Å²) in [7, 11) is 3.88. The minimum absolute atomic E-state index is 1.14. The third-order valence-electron chi connectivity index (χ3n) is 2.44. The second-order valence-electron chi connectivity index (χ2n) is 3.24. The summed E-state index contributed by atoms with van der Waals surface area (Å²) in [5.74, 6) is 0. The molecule has 0 saturated heterocycles. The molecule has 2 aromatic carbocycles. The van der Waals surface area contributed by atoms with E-state index in [1.54, 1.807) is 0 Å². The summed E-state index contributed by atoms with van der Waals surface area (Å²) < 4.78 is 0. The molecule has 2 aromatic rings. The number of fused-ring (bicyclic) bond motifs is 1. The van der Waals surface area contributed by atoms with Crippen LogP contribution in [-0.4, -0.2) is 14.1 Å². The van der Waals surface area contributed by atoms with Crippen molar-refractivity contribution in [2.24, 2.45) is 0 Å². The molecule has 2 heteroatoms. The fourth-order valence-corrected chi connectivity index (χ4v) is 1.66. The number of nitrogens with one attached hydrogen (secondary N) is 2. The molecule has 2 nitrogen and oxygen atoms in total. The van der Waals surface area contributed by atoms with Gasteiger partial charge in [-0.05, 0) is 23.6 Å². The van der Waals surface area contributed by atoms with Gasteiger partial charge in [0.1, 0.15) is 0 Å². The van der Waals surface area contributed by atoms with Crippen molar-refractivity contribution in [2.75, 3.05) is 24.7 Å². The Hall–Kier alpha value is -1.70. The van der Waals surface area contributed by atoms with E-state index in [0.29, 0.717) is 0 Å². The molecule has 0 fully saturated rings. The van der Waals surface area contributed by atoms with Gasteiger partial charge in [-0.3, -0.25) is 0 Å². The first-order chi connectivity index (χ1) is 6.85. The van der Waals surface area contributed by atoms with Gasteiger partial charge in [-0.2, -0.15) is 0 Å². The first-order valence-corrected chi connectivity index (χ1v) is 4.73. The highest BCUT2D eigenvalue weighted by atomic mass is 14.8. The van der Waals surface area contributed by atoms with Gasteiger partial charge in [-0.1, -0.05) is 18.2 Å². The summed E-state index contributed by atoms with van der Waals surface area (Å²) in [6, 6.07) is 12.6. The minimum atomic E-state index is 1.14. The van der Waals surface area contributed by atoms with Crippen LogP contribution in [0.15, 0.2) is 36.4 Å². The molecule has 0 aromatic heterocycles. The summed E-state index contributed by atoms with van der Waals surface area (Å²) >= 11 is 0. The lowest BCUT2D eigenvalue weighted by Gasteiger charge is -2.07. The molecule has 0 aliphatic carbocycles. The van der Waals surface area contributed by atoms with Crippen LogP contribution in [0.25, 0.3) is 10.8 Å². The Morgan fingerprint density at radius 3 is 2.50 bits per heavy atom. The summed E-state index contributed by atoms with van der Waals surface area (Å²) in [5, 5.41) is 8.83. The standard InChI is InChI=1S/C12H14N2/c1-13-10-6-7-11-9(8-10)4-3-5-12(11)14-2/h3-8,13-14H,1-2H3. The average molecular weight is 186 g/mol. The van der Waals surface area contributed by atoms with Crippen molar-refractivity contribution in [3.8, 4) is 0 Å². The molecule has 0 unspecified atom stereocenters. The van der Waals surface area contributed by atoms with Gasteiger partial charge in [-0.15, -0.1) is 0 Å². The van der Waals surface area contributed by atoms with Crippen LogP contribution in [0.5, 0.6) is 0 Å². The second kappa shape index (κ2) is 3.58. The van der Waals surface area contributed by atoms with Crippen molar-refractivity contribution in [3.05, 3.63) is 36.4 Å². The fraction of sp³-hybridized carbons (Fsp3) is 0.167. The first-order valence-electron chi connectivity index (χ1n) is 4.73. The van der Waals surface area contributed by atoms with Gasteiger partial charge >= 0.3 is 0 Å². The predicted molar refractivity (Wildman–Crippen MR) is 63.0 cm³/mol. The number of benzene rings is 2. The molecule has 0 bridgehead atoms. The molecule has 2 N–H and O–H groups in total. The van der Waals surface area contributed by atoms with Crippen LogP contribution in [0.2, 0.25) is 0 Å². The molecule has 0 atom stereocenters. The van der Waals surface area contributed by atoms with E-state index in [4.69, 9.17) is 0 Å². The van der Waals surface area contributed by atoms with Crippen molar-refractivity contribution in [2.45, 2.75) is 0 Å². The summed E-state index contributed by atoms with van der Waals surface area (Å²) in [5.41, 5.74) is 2.32. The van der Waals surface area contributed by atoms with E-state index in [1.807, 2.05) is 14.1 Å². The normalized spacial score (nSPS) is 10.1. The van der Waals surface area contributed by atoms with Crippen molar-refractivity contribution < 1.29 is 0 Å². The zero-order valence-electron chi connectivity index (χ0n) is 8.46. The maximum absolute atomic E-state index is 3.19. The number of hydrogen-bond donors (Lipinski definition) is 2. The predicted octanol–water partition coefficient (Wildman–Crippen LogP) is 2.92. The van der Waals surface area contributed by atoms with E-state index in [0.717, 1.165) is 5.69 Å². The molecule has 14 heavy (non-hydrogen) atoms. The van der Waals surface area contributed by atoms with Crippen LogP contribution < -0.4 is 10.6 Å². The maximum Gasteiger partial charge on any atom is 0.0417 e. The first kappa shape index (κ1) is 8.88. The van der Waals surface area contributed by atoms with Gasteiger partial charge in [0.05, 0.1) is 0 Å². The Bertz CT molecular complexity index is 449. The highest BCUT2D eigenvalue weighted by Crippen LogP contribution is 2.25. The lowest BCUT2D eigenvalue weighted by Crippen LogP contribution is -1.91. The lowest BCUT2D eigenvalue weighted by molar-refractivity contribution is 1.52. The lowest BCUT2D eigenvalue weighted by atomic mass is 10.1. The highest BCUT2D eigenvalue weighted by Gasteiger charge is 1.98. The van der Waals surface area contributed by atoms with Crippen LogP contribution in [0.1, 0.15) is 0 Å². The zero-order chi connectivity index (χ0) is 9.97. The van der Waals surface area contributed by atoms with Crippen LogP contribution in [-0.2, 0) is 0 Å². The van der Waals surface area contributed by atoms with Gasteiger partial charge in [0.15, 0.2) is 0 Å². The minimum Gasteiger partial charge on any atom is -0.388 e. The van der Waals surface area contributed by atoms with E-state index >= 15 is 0 Å². The molecule has 0 radical (unpaired) electrons. The molecule has 0 aliphatic heterocycles. The quantitative estimate of drug-likeness (QED) is 0.753. The van der Waals surface area contributed by atoms with Gasteiger partial charge in [0, 0.05) is 30.9 Å². The van der Waals surface area contributed by atoms with E-state index in [9.17, 15) is 0 Å². The summed E-state index contributed by atoms with van der Waals surface area (Å²) in [6.45, 7) is 0. The summed E-state index contributed by atoms with van der Waals surface area (Å²) in [6.07, 6.45) is 0. The molecule has 0 amide bonds. The third-order valence-corrected chi connectivity index (χ3v) is 2.44. The van der Waals surface area contributed by atoms with Crippen molar-refractivity contribution in [1.29, 1.82) is 0 Å². The Morgan fingerprint density at radius 2 is 1.79 bits per heavy atom. The van der Waals surface area contributed by atoms with Gasteiger partial charge in [0.2, 0.25) is 0 Å². The molecule has 0 aliphatic rings. The van der Waals surface area contributed by atoms with E-state index in [2.05, 4.69) is 47.0 Å². The number of anilines is 2. The van der Waals surface area contributed by atoms with Gasteiger partial charge in [-0.25, -0.2) is 0 Å². The van der Waals surface area contributed by atoms with Gasteiger partial charge in [0.25, 0.3) is 0 Å². The van der Waals surface area contributed by atoms with Crippen molar-refractivity contribution >= 4 is 22.1 Å². The smallest absolute Gasteiger partial charge is 0.0417 e. The SMILES string of the molecule is CNc1ccc2c(NC)cccc2c1. The van der Waals surface area contributed by atoms with Crippen molar-refractivity contribution in [3.63, 3.8) is 0 Å². The van der Waals surface area contributed by atoms with Crippen LogP contribution in [0, 0.1) is 0 Å². The molecule has 0 spiro atoms. The van der Waals surface area contributed by atoms with Crippen LogP contribution in [0.3, 0.4) is 0 Å². The Labute approximate surface area is 83.9 Å². The van der Waals surface area contributed by atoms with E-state index in [1.165, 1.54) is 16.5 Å². The van der Waals surface area contributed by atoms with Crippen LogP contribution in [0.4, 0.5) is 11.4 Å². The topological polar surface area (TPSA) is 24.1 Å². The van der Waals surface area contributed by atoms with Crippen LogP contribution >= 0.6 is 0 Å². The number of rotatable bonds is 2. The number of hydrogen-bond acceptors (Lipinski definition) is 2. The molecule has 72 valence electrons. The Kier molecular flexibility index (Phi) is 2.27. The second-order valence-corrected chi connectivity index (χ2v) is 3.24. The molecular formula is C12H14N2. The largest absolute Gasteiger partial charge is 0.388 e. The zero-order valence-corrected chi connectivity index (χ0v) is 8.46. The molecule has 0 saturated carbocycles. The van der Waals surface area contributed by atoms with Crippen molar-refractivity contribution in [1.82, 2.24) is 0 Å². The maximum atomic E-state index is 3.19.